The molecule has 0 radical (unpaired) electrons. The lowest BCUT2D eigenvalue weighted by Gasteiger charge is -2.09. The molecule has 0 heterocycles. The van der Waals surface area contributed by atoms with E-state index < -0.39 is 17.6 Å². The quantitative estimate of drug-likeness (QED) is 0.670. The standard InChI is InChI=1S/C9H5BrF4/c1-5(10)6-2-3-8(11)7(4-6)9(12,13)14/h2-4H,1H2. The smallest absolute Gasteiger partial charge is 0.206 e. The van der Waals surface area contributed by atoms with Crippen LogP contribution in [0.25, 0.3) is 4.48 Å². The third kappa shape index (κ3) is 2.35. The molecule has 0 aliphatic heterocycles. The van der Waals surface area contributed by atoms with Gasteiger partial charge in [0.1, 0.15) is 5.82 Å². The highest BCUT2D eigenvalue weighted by atomic mass is 79.9. The number of hydrogen-bond acceptors (Lipinski definition) is 0. The molecule has 0 aliphatic rings. The summed E-state index contributed by atoms with van der Waals surface area (Å²) in [6.07, 6.45) is -4.68. The van der Waals surface area contributed by atoms with E-state index in [2.05, 4.69) is 22.5 Å². The van der Waals surface area contributed by atoms with Gasteiger partial charge in [0.05, 0.1) is 5.56 Å². The Labute approximate surface area is 86.4 Å². The molecule has 0 fully saturated rings. The summed E-state index contributed by atoms with van der Waals surface area (Å²) in [4.78, 5) is 0. The van der Waals surface area contributed by atoms with E-state index >= 15 is 0 Å². The molecule has 0 aromatic heterocycles. The van der Waals surface area contributed by atoms with Gasteiger partial charge in [0.25, 0.3) is 0 Å². The van der Waals surface area contributed by atoms with Crippen molar-refractivity contribution in [2.75, 3.05) is 0 Å². The van der Waals surface area contributed by atoms with Gasteiger partial charge < -0.3 is 0 Å². The third-order valence-corrected chi connectivity index (χ3v) is 2.04. The van der Waals surface area contributed by atoms with Gasteiger partial charge in [-0.05, 0) is 17.7 Å². The summed E-state index contributed by atoms with van der Waals surface area (Å²) in [6.45, 7) is 3.41. The molecule has 5 heteroatoms. The highest BCUT2D eigenvalue weighted by molar-refractivity contribution is 9.15. The topological polar surface area (TPSA) is 0 Å². The van der Waals surface area contributed by atoms with Crippen LogP contribution in [0.2, 0.25) is 0 Å². The predicted octanol–water partition coefficient (Wildman–Crippen LogP) is 4.21. The molecule has 0 saturated carbocycles. The van der Waals surface area contributed by atoms with Crippen LogP contribution in [0.3, 0.4) is 0 Å². The second kappa shape index (κ2) is 3.73. The Morgan fingerprint density at radius 3 is 2.29 bits per heavy atom. The van der Waals surface area contributed by atoms with Crippen molar-refractivity contribution in [2.45, 2.75) is 6.18 Å². The first kappa shape index (κ1) is 11.2. The van der Waals surface area contributed by atoms with Crippen molar-refractivity contribution in [2.24, 2.45) is 0 Å². The summed E-state index contributed by atoms with van der Waals surface area (Å²) < 4.78 is 49.7. The lowest BCUT2D eigenvalue weighted by Crippen LogP contribution is -2.08. The van der Waals surface area contributed by atoms with Gasteiger partial charge in [0, 0.05) is 4.48 Å². The number of alkyl halides is 3. The van der Waals surface area contributed by atoms with Gasteiger partial charge in [0.15, 0.2) is 0 Å². The second-order valence-corrected chi connectivity index (χ2v) is 3.55. The monoisotopic (exact) mass is 268 g/mol. The number of hydrogen-bond donors (Lipinski definition) is 0. The van der Waals surface area contributed by atoms with E-state index in [0.29, 0.717) is 6.07 Å². The van der Waals surface area contributed by atoms with Crippen LogP contribution in [0.5, 0.6) is 0 Å². The summed E-state index contributed by atoms with van der Waals surface area (Å²) in [5.41, 5.74) is -1.07. The van der Waals surface area contributed by atoms with Crippen LogP contribution in [0.1, 0.15) is 11.1 Å². The normalized spacial score (nSPS) is 11.5. The zero-order valence-corrected chi connectivity index (χ0v) is 8.41. The Balaban J connectivity index is 3.29. The Hall–Kier alpha value is -0.840. The molecule has 0 atom stereocenters. The minimum absolute atomic E-state index is 0.207. The molecule has 0 aliphatic carbocycles. The van der Waals surface area contributed by atoms with Crippen LogP contribution < -0.4 is 0 Å². The fourth-order valence-corrected chi connectivity index (χ4v) is 1.16. The van der Waals surface area contributed by atoms with Gasteiger partial charge in [-0.3, -0.25) is 0 Å². The summed E-state index contributed by atoms with van der Waals surface area (Å²) in [5, 5.41) is 0. The molecule has 0 N–H and O–H groups in total. The average Bonchev–Trinajstić information content (AvgIpc) is 2.02. The van der Waals surface area contributed by atoms with Gasteiger partial charge in [-0.15, -0.1) is 0 Å². The van der Waals surface area contributed by atoms with Crippen LogP contribution in [0.15, 0.2) is 24.8 Å². The first-order chi connectivity index (χ1) is 6.32. The highest BCUT2D eigenvalue weighted by Crippen LogP contribution is 2.33. The molecule has 0 saturated heterocycles. The van der Waals surface area contributed by atoms with Gasteiger partial charge in [-0.2, -0.15) is 13.2 Å². The van der Waals surface area contributed by atoms with E-state index in [1.165, 1.54) is 6.07 Å². The zero-order chi connectivity index (χ0) is 10.9. The Bertz CT molecular complexity index is 368. The predicted molar refractivity (Wildman–Crippen MR) is 49.4 cm³/mol. The minimum atomic E-state index is -4.68. The molecular weight excluding hydrogens is 264 g/mol. The van der Waals surface area contributed by atoms with Crippen LogP contribution in [-0.2, 0) is 6.18 Å². The second-order valence-electron chi connectivity index (χ2n) is 2.60. The number of halogens is 5. The van der Waals surface area contributed by atoms with Crippen LogP contribution in [-0.4, -0.2) is 0 Å². The van der Waals surface area contributed by atoms with Crippen molar-refractivity contribution >= 4 is 20.4 Å². The molecule has 0 amide bonds. The van der Waals surface area contributed by atoms with Crippen molar-refractivity contribution in [3.8, 4) is 0 Å². The molecule has 0 bridgehead atoms. The first-order valence-electron chi connectivity index (χ1n) is 3.54. The summed E-state index contributed by atoms with van der Waals surface area (Å²) in [5.74, 6) is -1.28. The largest absolute Gasteiger partial charge is 0.419 e. The van der Waals surface area contributed by atoms with Gasteiger partial charge in [-0.1, -0.05) is 28.6 Å². The first-order valence-corrected chi connectivity index (χ1v) is 4.33. The van der Waals surface area contributed by atoms with Gasteiger partial charge >= 0.3 is 6.18 Å². The Morgan fingerprint density at radius 2 is 1.86 bits per heavy atom. The summed E-state index contributed by atoms with van der Waals surface area (Å²) in [6, 6.07) is 2.71. The van der Waals surface area contributed by atoms with E-state index in [1.54, 1.807) is 0 Å². The van der Waals surface area contributed by atoms with Crippen molar-refractivity contribution in [3.05, 3.63) is 41.7 Å². The van der Waals surface area contributed by atoms with E-state index in [9.17, 15) is 17.6 Å². The molecular formula is C9H5BrF4. The SMILES string of the molecule is C=C(Br)c1ccc(F)c(C(F)(F)F)c1. The van der Waals surface area contributed by atoms with Crippen LogP contribution in [0.4, 0.5) is 17.6 Å². The number of rotatable bonds is 1. The fraction of sp³-hybridized carbons (Fsp3) is 0.111. The van der Waals surface area contributed by atoms with Crippen molar-refractivity contribution in [3.63, 3.8) is 0 Å². The lowest BCUT2D eigenvalue weighted by molar-refractivity contribution is -0.140. The van der Waals surface area contributed by atoms with Crippen molar-refractivity contribution in [1.82, 2.24) is 0 Å². The van der Waals surface area contributed by atoms with Gasteiger partial charge in [0.2, 0.25) is 0 Å². The molecule has 0 nitrogen and oxygen atoms in total. The Kier molecular flexibility index (Phi) is 2.99. The molecule has 14 heavy (non-hydrogen) atoms. The lowest BCUT2D eigenvalue weighted by atomic mass is 10.1. The maximum absolute atomic E-state index is 12.8. The average molecular weight is 269 g/mol. The van der Waals surface area contributed by atoms with Crippen LogP contribution >= 0.6 is 15.9 Å². The van der Waals surface area contributed by atoms with E-state index in [-0.39, 0.29) is 10.0 Å². The van der Waals surface area contributed by atoms with Gasteiger partial charge in [-0.25, -0.2) is 4.39 Å². The zero-order valence-electron chi connectivity index (χ0n) is 6.83. The van der Waals surface area contributed by atoms with Crippen molar-refractivity contribution < 1.29 is 17.6 Å². The summed E-state index contributed by atoms with van der Waals surface area (Å²) in [7, 11) is 0. The maximum Gasteiger partial charge on any atom is 0.419 e. The third-order valence-electron chi connectivity index (χ3n) is 1.58. The molecule has 76 valence electrons. The number of benzene rings is 1. The van der Waals surface area contributed by atoms with E-state index in [1.807, 2.05) is 0 Å². The molecule has 1 aromatic rings. The van der Waals surface area contributed by atoms with E-state index in [0.717, 1.165) is 6.07 Å². The molecule has 0 spiro atoms. The molecule has 1 aromatic carbocycles. The Morgan fingerprint density at radius 1 is 1.29 bits per heavy atom. The fourth-order valence-electron chi connectivity index (χ4n) is 0.911. The maximum atomic E-state index is 12.8. The molecule has 1 rings (SSSR count). The van der Waals surface area contributed by atoms with E-state index in [4.69, 9.17) is 0 Å². The highest BCUT2D eigenvalue weighted by Gasteiger charge is 2.34. The van der Waals surface area contributed by atoms with Crippen molar-refractivity contribution in [1.29, 1.82) is 0 Å². The minimum Gasteiger partial charge on any atom is -0.206 e. The summed E-state index contributed by atoms with van der Waals surface area (Å²) >= 11 is 2.92. The molecule has 0 unspecified atom stereocenters. The van der Waals surface area contributed by atoms with Crippen LogP contribution in [0, 0.1) is 5.82 Å².